The number of anilines is 1. The first-order chi connectivity index (χ1) is 16.3. The predicted octanol–water partition coefficient (Wildman–Crippen LogP) is 3.11. The van der Waals surface area contributed by atoms with Crippen LogP contribution >= 0.6 is 0 Å². The van der Waals surface area contributed by atoms with E-state index < -0.39 is 16.0 Å². The van der Waals surface area contributed by atoms with Gasteiger partial charge in [0.1, 0.15) is 5.82 Å². The number of fused-ring (bicyclic) bond motifs is 1. The van der Waals surface area contributed by atoms with Crippen molar-refractivity contribution in [2.45, 2.75) is 37.0 Å². The van der Waals surface area contributed by atoms with Crippen molar-refractivity contribution in [2.75, 3.05) is 25.5 Å². The lowest BCUT2D eigenvalue weighted by Crippen LogP contribution is -2.35. The molecule has 0 bridgehead atoms. The van der Waals surface area contributed by atoms with Crippen LogP contribution in [0, 0.1) is 0 Å². The molecule has 0 aliphatic carbocycles. The van der Waals surface area contributed by atoms with Crippen LogP contribution in [0.3, 0.4) is 0 Å². The summed E-state index contributed by atoms with van der Waals surface area (Å²) in [7, 11) is -0.392. The van der Waals surface area contributed by atoms with Gasteiger partial charge in [0.15, 0.2) is 0 Å². The van der Waals surface area contributed by atoms with Gasteiger partial charge in [0.25, 0.3) is 0 Å². The van der Waals surface area contributed by atoms with Crippen molar-refractivity contribution in [1.29, 1.82) is 0 Å². The van der Waals surface area contributed by atoms with Crippen LogP contribution in [-0.2, 0) is 33.0 Å². The number of piperidine rings is 1. The number of hydrogen-bond acceptors (Lipinski definition) is 6. The molecule has 1 fully saturated rings. The van der Waals surface area contributed by atoms with E-state index in [9.17, 15) is 18.0 Å². The number of esters is 1. The number of ether oxygens (including phenoxy) is 1. The van der Waals surface area contributed by atoms with Crippen LogP contribution in [0.4, 0.5) is 5.69 Å². The van der Waals surface area contributed by atoms with Gasteiger partial charge < -0.3 is 14.6 Å². The van der Waals surface area contributed by atoms with Gasteiger partial charge in [-0.3, -0.25) is 4.79 Å². The number of rotatable bonds is 7. The molecule has 1 amide bonds. The van der Waals surface area contributed by atoms with Crippen LogP contribution < -0.4 is 5.32 Å². The minimum absolute atomic E-state index is 0.179. The van der Waals surface area contributed by atoms with Crippen molar-refractivity contribution in [3.63, 3.8) is 0 Å². The van der Waals surface area contributed by atoms with E-state index in [2.05, 4.69) is 10.3 Å². The lowest BCUT2D eigenvalue weighted by Gasteiger charge is -2.25. The molecule has 4 rings (SSSR count). The maximum Gasteiger partial charge on any atom is 0.337 e. The Hall–Kier alpha value is -3.24. The number of nitrogens with zero attached hydrogens (tertiary/aromatic N) is 3. The predicted molar refractivity (Wildman–Crippen MR) is 128 cm³/mol. The average Bonchev–Trinajstić information content (AvgIpc) is 3.17. The Morgan fingerprint density at radius 3 is 2.59 bits per heavy atom. The van der Waals surface area contributed by atoms with E-state index in [1.165, 1.54) is 7.11 Å². The molecule has 9 nitrogen and oxygen atoms in total. The van der Waals surface area contributed by atoms with Crippen molar-refractivity contribution >= 4 is 38.6 Å². The highest BCUT2D eigenvalue weighted by molar-refractivity contribution is 7.89. The molecule has 180 valence electrons. The number of sulfonamides is 1. The number of nitrogens with one attached hydrogen (secondary N) is 1. The zero-order valence-corrected chi connectivity index (χ0v) is 20.1. The number of methoxy groups -OCH3 is 1. The van der Waals surface area contributed by atoms with Crippen LogP contribution in [-0.4, -0.2) is 54.3 Å². The second-order valence-corrected chi connectivity index (χ2v) is 10.3. The van der Waals surface area contributed by atoms with Crippen molar-refractivity contribution in [1.82, 2.24) is 13.9 Å². The summed E-state index contributed by atoms with van der Waals surface area (Å²) in [6.45, 7) is 1.09. The van der Waals surface area contributed by atoms with Crippen molar-refractivity contribution in [3.05, 3.63) is 53.9 Å². The number of aryl methyl sites for hydroxylation is 2. The maximum absolute atomic E-state index is 13.0. The Labute approximate surface area is 198 Å². The highest BCUT2D eigenvalue weighted by Crippen LogP contribution is 2.25. The van der Waals surface area contributed by atoms with E-state index in [0.29, 0.717) is 42.1 Å². The molecule has 1 aliphatic heterocycles. The van der Waals surface area contributed by atoms with Gasteiger partial charge in [0.05, 0.1) is 28.6 Å². The molecule has 2 heterocycles. The first-order valence-corrected chi connectivity index (χ1v) is 12.7. The van der Waals surface area contributed by atoms with Gasteiger partial charge in [-0.25, -0.2) is 18.2 Å². The molecule has 34 heavy (non-hydrogen) atoms. The topological polar surface area (TPSA) is 111 Å². The molecular weight excluding hydrogens is 456 g/mol. The van der Waals surface area contributed by atoms with Crippen molar-refractivity contribution in [3.8, 4) is 0 Å². The summed E-state index contributed by atoms with van der Waals surface area (Å²) < 4.78 is 34.1. The summed E-state index contributed by atoms with van der Waals surface area (Å²) in [5, 5.41) is 2.78. The number of aromatic nitrogens is 2. The molecule has 1 aliphatic rings. The van der Waals surface area contributed by atoms with Crippen LogP contribution in [0.5, 0.6) is 0 Å². The van der Waals surface area contributed by atoms with Gasteiger partial charge in [-0.2, -0.15) is 4.31 Å². The molecular formula is C24H28N4O5S. The van der Waals surface area contributed by atoms with E-state index in [1.54, 1.807) is 46.8 Å². The minimum atomic E-state index is -3.54. The summed E-state index contributed by atoms with van der Waals surface area (Å²) in [6.07, 6.45) is 3.37. The van der Waals surface area contributed by atoms with Crippen LogP contribution in [0.1, 0.15) is 41.9 Å². The molecule has 3 aromatic rings. The average molecular weight is 485 g/mol. The molecule has 1 aromatic heterocycles. The SMILES string of the molecule is COC(=O)c1cccc(NC(=O)CCc2nc3cc(S(=O)(=O)N4CCCCC4)ccc3n2C)c1. The molecule has 1 N–H and O–H groups in total. The van der Waals surface area contributed by atoms with E-state index in [-0.39, 0.29) is 17.2 Å². The highest BCUT2D eigenvalue weighted by Gasteiger charge is 2.26. The fraction of sp³-hybridized carbons (Fsp3) is 0.375. The molecule has 0 saturated carbocycles. The van der Waals surface area contributed by atoms with Gasteiger partial charge in [-0.15, -0.1) is 0 Å². The number of benzene rings is 2. The Kier molecular flexibility index (Phi) is 6.99. The maximum atomic E-state index is 13.0. The molecule has 0 radical (unpaired) electrons. The van der Waals surface area contributed by atoms with Crippen molar-refractivity contribution < 1.29 is 22.7 Å². The molecule has 10 heteroatoms. The highest BCUT2D eigenvalue weighted by atomic mass is 32.2. The van der Waals surface area contributed by atoms with E-state index in [4.69, 9.17) is 4.74 Å². The van der Waals surface area contributed by atoms with E-state index in [1.807, 2.05) is 11.6 Å². The number of imidazole rings is 1. The van der Waals surface area contributed by atoms with Gasteiger partial charge in [-0.1, -0.05) is 12.5 Å². The third-order valence-electron chi connectivity index (χ3n) is 6.04. The number of hydrogen-bond donors (Lipinski definition) is 1. The normalized spacial score (nSPS) is 14.8. The Bertz CT molecular complexity index is 1330. The lowest BCUT2D eigenvalue weighted by atomic mass is 10.2. The third-order valence-corrected chi connectivity index (χ3v) is 7.94. The van der Waals surface area contributed by atoms with Gasteiger partial charge >= 0.3 is 5.97 Å². The summed E-state index contributed by atoms with van der Waals surface area (Å²) >= 11 is 0. The first kappa shape index (κ1) is 23.9. The second-order valence-electron chi connectivity index (χ2n) is 8.32. The minimum Gasteiger partial charge on any atom is -0.465 e. The standard InChI is InChI=1S/C24H28N4O5S/c1-27-21-10-9-19(34(31,32)28-13-4-3-5-14-28)16-20(21)26-22(27)11-12-23(29)25-18-8-6-7-17(15-18)24(30)33-2/h6-10,15-16H,3-5,11-14H2,1-2H3,(H,25,29). The van der Waals surface area contributed by atoms with Gasteiger partial charge in [-0.05, 0) is 49.2 Å². The fourth-order valence-corrected chi connectivity index (χ4v) is 5.70. The number of carbonyl (C=O) groups is 2. The summed E-state index contributed by atoms with van der Waals surface area (Å²) in [4.78, 5) is 29.0. The lowest BCUT2D eigenvalue weighted by molar-refractivity contribution is -0.116. The third kappa shape index (κ3) is 4.97. The zero-order chi connectivity index (χ0) is 24.3. The molecule has 0 spiro atoms. The van der Waals surface area contributed by atoms with Gasteiger partial charge in [0.2, 0.25) is 15.9 Å². The smallest absolute Gasteiger partial charge is 0.337 e. The van der Waals surface area contributed by atoms with Crippen LogP contribution in [0.15, 0.2) is 47.4 Å². The molecule has 0 atom stereocenters. The monoisotopic (exact) mass is 484 g/mol. The largest absolute Gasteiger partial charge is 0.465 e. The zero-order valence-electron chi connectivity index (χ0n) is 19.3. The number of amides is 1. The van der Waals surface area contributed by atoms with E-state index in [0.717, 1.165) is 24.8 Å². The summed E-state index contributed by atoms with van der Waals surface area (Å²) in [5.41, 5.74) is 2.25. The summed E-state index contributed by atoms with van der Waals surface area (Å²) in [6, 6.07) is 11.5. The second kappa shape index (κ2) is 9.94. The first-order valence-electron chi connectivity index (χ1n) is 11.2. The molecule has 1 saturated heterocycles. The van der Waals surface area contributed by atoms with Crippen LogP contribution in [0.2, 0.25) is 0 Å². The Morgan fingerprint density at radius 2 is 1.85 bits per heavy atom. The fourth-order valence-electron chi connectivity index (χ4n) is 4.16. The number of carbonyl (C=O) groups excluding carboxylic acids is 2. The van der Waals surface area contributed by atoms with E-state index >= 15 is 0 Å². The Morgan fingerprint density at radius 1 is 1.09 bits per heavy atom. The molecule has 0 unspecified atom stereocenters. The van der Waals surface area contributed by atoms with Crippen LogP contribution in [0.25, 0.3) is 11.0 Å². The molecule has 2 aromatic carbocycles. The quantitative estimate of drug-likeness (QED) is 0.516. The summed E-state index contributed by atoms with van der Waals surface area (Å²) in [5.74, 6) is -0.0131. The van der Waals surface area contributed by atoms with Crippen molar-refractivity contribution in [2.24, 2.45) is 7.05 Å². The Balaban J connectivity index is 1.46. The van der Waals surface area contributed by atoms with Gasteiger partial charge in [0, 0.05) is 38.7 Å².